The highest BCUT2D eigenvalue weighted by molar-refractivity contribution is 5.91. The van der Waals surface area contributed by atoms with Crippen LogP contribution < -0.4 is 20.8 Å². The molecule has 2 aromatic rings. The van der Waals surface area contributed by atoms with Crippen LogP contribution in [0.4, 0.5) is 5.69 Å². The largest absolute Gasteiger partial charge is 0.492 e. The molecule has 5 heteroatoms. The molecule has 0 amide bonds. The van der Waals surface area contributed by atoms with Gasteiger partial charge in [-0.2, -0.15) is 0 Å². The maximum Gasteiger partial charge on any atom is 0.192 e. The number of fused-ring (bicyclic) bond motifs is 1. The number of nitrogens with zero attached hydrogens (tertiary/aromatic N) is 2. The first-order valence-corrected chi connectivity index (χ1v) is 9.22. The van der Waals surface area contributed by atoms with Crippen molar-refractivity contribution in [1.82, 2.24) is 4.57 Å². The van der Waals surface area contributed by atoms with Gasteiger partial charge in [0.05, 0.1) is 18.3 Å². The van der Waals surface area contributed by atoms with Gasteiger partial charge in [0.1, 0.15) is 0 Å². The molecule has 0 unspecified atom stereocenters. The average molecular weight is 341 g/mol. The number of aromatic nitrogens is 1. The fourth-order valence-electron chi connectivity index (χ4n) is 4.23. The van der Waals surface area contributed by atoms with Gasteiger partial charge >= 0.3 is 0 Å². The third kappa shape index (κ3) is 2.80. The molecular weight excluding hydrogens is 314 g/mol. The molecule has 1 aromatic carbocycles. The third-order valence-electron chi connectivity index (χ3n) is 5.48. The number of ether oxygens (including phenoxy) is 1. The highest BCUT2D eigenvalue weighted by atomic mass is 16.5. The third-order valence-corrected chi connectivity index (χ3v) is 5.48. The molecule has 2 aliphatic rings. The predicted molar refractivity (Wildman–Crippen MR) is 102 cm³/mol. The van der Waals surface area contributed by atoms with Crippen LogP contribution >= 0.6 is 0 Å². The number of anilines is 1. The minimum atomic E-state index is 0.0977. The molecule has 2 fully saturated rings. The van der Waals surface area contributed by atoms with Crippen molar-refractivity contribution in [2.24, 2.45) is 11.7 Å². The Morgan fingerprint density at radius 3 is 2.64 bits per heavy atom. The highest BCUT2D eigenvalue weighted by Crippen LogP contribution is 2.42. The molecule has 4 rings (SSSR count). The lowest BCUT2D eigenvalue weighted by Crippen LogP contribution is -2.46. The van der Waals surface area contributed by atoms with Crippen molar-refractivity contribution in [2.45, 2.75) is 45.2 Å². The number of methoxy groups -OCH3 is 1. The van der Waals surface area contributed by atoms with Crippen molar-refractivity contribution in [3.63, 3.8) is 0 Å². The zero-order valence-corrected chi connectivity index (χ0v) is 15.3. The van der Waals surface area contributed by atoms with Gasteiger partial charge < -0.3 is 19.9 Å². The molecule has 0 bridgehead atoms. The normalized spacial score (nSPS) is 23.9. The fraction of sp³-hybridized carbons (Fsp3) is 0.550. The smallest absolute Gasteiger partial charge is 0.192 e. The standard InChI is InChI=1S/C20H27N3O2/c1-12-8-14(21)11-22(9-12)17-7-6-16-18(20(17)25-3)23(15-4-5-15)10-13(2)19(16)24/h6-7,10,12,14-15H,4-5,8-9,11,21H2,1-3H3/t12-,14-/m0/s1. The number of aryl methyl sites for hydroxylation is 1. The second kappa shape index (κ2) is 6.06. The first-order chi connectivity index (χ1) is 12.0. The van der Waals surface area contributed by atoms with Gasteiger partial charge in [0.25, 0.3) is 0 Å². The van der Waals surface area contributed by atoms with Gasteiger partial charge in [-0.25, -0.2) is 0 Å². The molecule has 1 aliphatic heterocycles. The van der Waals surface area contributed by atoms with Gasteiger partial charge in [-0.05, 0) is 44.2 Å². The van der Waals surface area contributed by atoms with E-state index in [-0.39, 0.29) is 11.5 Å². The molecule has 134 valence electrons. The van der Waals surface area contributed by atoms with Gasteiger partial charge in [-0.1, -0.05) is 6.92 Å². The summed E-state index contributed by atoms with van der Waals surface area (Å²) in [7, 11) is 1.70. The van der Waals surface area contributed by atoms with Crippen LogP contribution in [-0.2, 0) is 0 Å². The van der Waals surface area contributed by atoms with Crippen LogP contribution in [0.25, 0.3) is 10.9 Å². The number of nitrogens with two attached hydrogens (primary N) is 1. The summed E-state index contributed by atoms with van der Waals surface area (Å²) < 4.78 is 8.11. The maximum absolute atomic E-state index is 12.7. The second-order valence-corrected chi connectivity index (χ2v) is 7.80. The Labute approximate surface area is 148 Å². The van der Waals surface area contributed by atoms with Crippen LogP contribution in [0, 0.1) is 12.8 Å². The van der Waals surface area contributed by atoms with Gasteiger partial charge in [-0.15, -0.1) is 0 Å². The van der Waals surface area contributed by atoms with Gasteiger partial charge in [0.15, 0.2) is 11.2 Å². The summed E-state index contributed by atoms with van der Waals surface area (Å²) in [4.78, 5) is 15.0. The Hall–Kier alpha value is -2.01. The summed E-state index contributed by atoms with van der Waals surface area (Å²) in [6.45, 7) is 5.93. The molecule has 0 spiro atoms. The summed E-state index contributed by atoms with van der Waals surface area (Å²) in [6.07, 6.45) is 5.38. The molecular formula is C20H27N3O2. The molecule has 2 heterocycles. The molecule has 2 atom stereocenters. The molecule has 5 nitrogen and oxygen atoms in total. The van der Waals surface area contributed by atoms with E-state index >= 15 is 0 Å². The Morgan fingerprint density at radius 2 is 2.00 bits per heavy atom. The van der Waals surface area contributed by atoms with Crippen molar-refractivity contribution in [3.05, 3.63) is 34.1 Å². The summed E-state index contributed by atoms with van der Waals surface area (Å²) in [5.74, 6) is 1.36. The Morgan fingerprint density at radius 1 is 1.24 bits per heavy atom. The Balaban J connectivity index is 1.93. The van der Waals surface area contributed by atoms with E-state index in [1.165, 1.54) is 0 Å². The molecule has 2 N–H and O–H groups in total. The quantitative estimate of drug-likeness (QED) is 0.932. The molecule has 1 aromatic heterocycles. The number of rotatable bonds is 3. The lowest BCUT2D eigenvalue weighted by molar-refractivity contribution is 0.388. The molecule has 1 aliphatic carbocycles. The summed E-state index contributed by atoms with van der Waals surface area (Å²) >= 11 is 0. The van der Waals surface area contributed by atoms with Crippen LogP contribution in [0.5, 0.6) is 5.75 Å². The first-order valence-electron chi connectivity index (χ1n) is 9.22. The minimum Gasteiger partial charge on any atom is -0.492 e. The molecule has 1 saturated heterocycles. The summed E-state index contributed by atoms with van der Waals surface area (Å²) in [5.41, 5.74) is 9.13. The number of pyridine rings is 1. The number of hydrogen-bond acceptors (Lipinski definition) is 4. The van der Waals surface area contributed by atoms with Gasteiger partial charge in [0, 0.05) is 42.3 Å². The number of piperidine rings is 1. The van der Waals surface area contributed by atoms with Crippen molar-refractivity contribution >= 4 is 16.6 Å². The monoisotopic (exact) mass is 341 g/mol. The van der Waals surface area contributed by atoms with E-state index in [2.05, 4.69) is 16.4 Å². The zero-order valence-electron chi connectivity index (χ0n) is 15.3. The second-order valence-electron chi connectivity index (χ2n) is 7.80. The van der Waals surface area contributed by atoms with Crippen LogP contribution in [0.1, 0.15) is 37.8 Å². The van der Waals surface area contributed by atoms with E-state index in [4.69, 9.17) is 10.5 Å². The van der Waals surface area contributed by atoms with Crippen molar-refractivity contribution in [3.8, 4) is 5.75 Å². The lowest BCUT2D eigenvalue weighted by Gasteiger charge is -2.37. The SMILES string of the molecule is COc1c(N2C[C@@H](C)C[C@H](N)C2)ccc2c(=O)c(C)cn(C3CC3)c12. The van der Waals surface area contributed by atoms with E-state index in [1.807, 2.05) is 25.3 Å². The summed E-state index contributed by atoms with van der Waals surface area (Å²) in [5, 5.41) is 0.752. The predicted octanol–water partition coefficient (Wildman–Crippen LogP) is 2.83. The molecule has 0 radical (unpaired) electrons. The van der Waals surface area contributed by atoms with Crippen LogP contribution in [-0.4, -0.2) is 30.8 Å². The summed E-state index contributed by atoms with van der Waals surface area (Å²) in [6, 6.07) is 4.65. The van der Waals surface area contributed by atoms with E-state index in [0.717, 1.165) is 60.3 Å². The van der Waals surface area contributed by atoms with E-state index in [0.29, 0.717) is 12.0 Å². The Kier molecular flexibility index (Phi) is 3.99. The fourth-order valence-corrected chi connectivity index (χ4v) is 4.23. The van der Waals surface area contributed by atoms with E-state index in [9.17, 15) is 4.79 Å². The topological polar surface area (TPSA) is 60.5 Å². The van der Waals surface area contributed by atoms with Crippen LogP contribution in [0.3, 0.4) is 0 Å². The van der Waals surface area contributed by atoms with E-state index in [1.54, 1.807) is 7.11 Å². The van der Waals surface area contributed by atoms with Crippen molar-refractivity contribution in [1.29, 1.82) is 0 Å². The van der Waals surface area contributed by atoms with Crippen LogP contribution in [0.15, 0.2) is 23.1 Å². The first kappa shape index (κ1) is 16.5. The maximum atomic E-state index is 12.7. The zero-order chi connectivity index (χ0) is 17.7. The molecule has 1 saturated carbocycles. The molecule has 25 heavy (non-hydrogen) atoms. The highest BCUT2D eigenvalue weighted by Gasteiger charge is 2.29. The Bertz CT molecular complexity index is 859. The number of hydrogen-bond donors (Lipinski definition) is 1. The average Bonchev–Trinajstić information content (AvgIpc) is 3.41. The van der Waals surface area contributed by atoms with E-state index < -0.39 is 0 Å². The van der Waals surface area contributed by atoms with Crippen molar-refractivity contribution in [2.75, 3.05) is 25.1 Å². The van der Waals surface area contributed by atoms with Gasteiger partial charge in [-0.3, -0.25) is 4.79 Å². The minimum absolute atomic E-state index is 0.0977. The van der Waals surface area contributed by atoms with Gasteiger partial charge in [0.2, 0.25) is 0 Å². The van der Waals surface area contributed by atoms with Crippen LogP contribution in [0.2, 0.25) is 0 Å². The van der Waals surface area contributed by atoms with Crippen molar-refractivity contribution < 1.29 is 4.74 Å². The number of benzene rings is 1. The lowest BCUT2D eigenvalue weighted by atomic mass is 9.95.